The summed E-state index contributed by atoms with van der Waals surface area (Å²) in [5.41, 5.74) is 12.6. The summed E-state index contributed by atoms with van der Waals surface area (Å²) in [5.74, 6) is 0.674. The van der Waals surface area contributed by atoms with Crippen molar-refractivity contribution in [2.45, 2.75) is 6.85 Å². The first kappa shape index (κ1) is 25.4. The molecule has 10 aromatic rings. The minimum Gasteiger partial charge on any atom is -0.308 e. The number of benzene rings is 7. The maximum Gasteiger partial charge on any atom is 0.160 e. The van der Waals surface area contributed by atoms with Gasteiger partial charge < -0.3 is 4.40 Å². The van der Waals surface area contributed by atoms with E-state index in [9.17, 15) is 0 Å². The molecule has 0 aliphatic carbocycles. The average Bonchev–Trinajstić information content (AvgIpc) is 3.73. The fourth-order valence-electron chi connectivity index (χ4n) is 7.46. The number of hydrogen-bond donors (Lipinski definition) is 0. The molecule has 0 unspecified atom stereocenters. The predicted octanol–water partition coefficient (Wildman–Crippen LogP) is 12.3. The van der Waals surface area contributed by atoms with E-state index >= 15 is 0 Å². The zero-order chi connectivity index (χ0) is 35.7. The van der Waals surface area contributed by atoms with Crippen molar-refractivity contribution in [1.82, 2.24) is 14.4 Å². The van der Waals surface area contributed by atoms with E-state index < -0.39 is 6.85 Å². The van der Waals surface area contributed by atoms with E-state index in [1.807, 2.05) is 48.5 Å². The maximum atomic E-state index is 8.08. The third-order valence-electron chi connectivity index (χ3n) is 9.83. The van der Waals surface area contributed by atoms with Crippen LogP contribution in [-0.4, -0.2) is 14.4 Å². The number of aryl methyl sites for hydroxylation is 1. The lowest BCUT2D eigenvalue weighted by atomic mass is 9.97. The Morgan fingerprint density at radius 3 is 1.52 bits per heavy atom. The van der Waals surface area contributed by atoms with E-state index in [2.05, 4.69) is 120 Å². The summed E-state index contributed by atoms with van der Waals surface area (Å²) in [5, 5.41) is 4.49. The number of para-hydroxylation sites is 1. The fourth-order valence-corrected chi connectivity index (χ4v) is 7.46. The van der Waals surface area contributed by atoms with Crippen molar-refractivity contribution in [2.24, 2.45) is 0 Å². The predicted molar refractivity (Wildman–Crippen MR) is 209 cm³/mol. The smallest absolute Gasteiger partial charge is 0.160 e. The van der Waals surface area contributed by atoms with Crippen molar-refractivity contribution < 1.29 is 4.11 Å². The summed E-state index contributed by atoms with van der Waals surface area (Å²) in [7, 11) is 0. The van der Waals surface area contributed by atoms with Crippen LogP contribution in [0.5, 0.6) is 0 Å². The lowest BCUT2D eigenvalue weighted by molar-refractivity contribution is 1.18. The molecule has 3 aromatic heterocycles. The second-order valence-corrected chi connectivity index (χ2v) is 12.9. The largest absolute Gasteiger partial charge is 0.308 e. The van der Waals surface area contributed by atoms with E-state index in [4.69, 9.17) is 14.1 Å². The second kappa shape index (κ2) is 11.3. The molecule has 0 aliphatic heterocycles. The van der Waals surface area contributed by atoms with Crippen molar-refractivity contribution in [1.29, 1.82) is 0 Å². The Kier molecular flexibility index (Phi) is 5.73. The highest BCUT2D eigenvalue weighted by Crippen LogP contribution is 2.41. The van der Waals surface area contributed by atoms with Crippen LogP contribution in [0.4, 0.5) is 0 Å². The summed E-state index contributed by atoms with van der Waals surface area (Å²) in [6.45, 7) is -2.18. The van der Waals surface area contributed by atoms with Crippen LogP contribution in [0.2, 0.25) is 0 Å². The molecule has 234 valence electrons. The van der Waals surface area contributed by atoms with Gasteiger partial charge in [0.1, 0.15) is 0 Å². The molecule has 0 saturated heterocycles. The summed E-state index contributed by atoms with van der Waals surface area (Å²) in [6, 6.07) is 58.1. The Morgan fingerprint density at radius 1 is 0.400 bits per heavy atom. The molecule has 0 aliphatic rings. The SMILES string of the molecule is [2H]C([2H])([2H])c1ccc2c3cccc4c5ccc(-c6cccc(-c7cccc(-c8nc(-c9ccccc9)cc(-c9ccccc9)n8)c7)c6)cc5n(c2c1)c43. The van der Waals surface area contributed by atoms with Gasteiger partial charge in [0.2, 0.25) is 0 Å². The van der Waals surface area contributed by atoms with Gasteiger partial charge in [0.15, 0.2) is 5.82 Å². The van der Waals surface area contributed by atoms with E-state index in [1.54, 1.807) is 6.07 Å². The molecule has 0 N–H and O–H groups in total. The molecule has 3 heterocycles. The van der Waals surface area contributed by atoms with Crippen LogP contribution >= 0.6 is 0 Å². The van der Waals surface area contributed by atoms with E-state index in [1.165, 1.54) is 0 Å². The van der Waals surface area contributed by atoms with Crippen molar-refractivity contribution in [3.05, 3.63) is 175 Å². The van der Waals surface area contributed by atoms with Gasteiger partial charge in [0.25, 0.3) is 0 Å². The van der Waals surface area contributed by atoms with Crippen molar-refractivity contribution in [3.63, 3.8) is 0 Å². The van der Waals surface area contributed by atoms with Crippen molar-refractivity contribution in [3.8, 4) is 56.2 Å². The van der Waals surface area contributed by atoms with Crippen molar-refractivity contribution in [2.75, 3.05) is 0 Å². The fraction of sp³-hybridized carbons (Fsp3) is 0.0213. The first-order chi connectivity index (χ1) is 25.9. The average molecular weight is 641 g/mol. The van der Waals surface area contributed by atoms with Crippen LogP contribution in [-0.2, 0) is 0 Å². The van der Waals surface area contributed by atoms with Crippen molar-refractivity contribution >= 4 is 38.1 Å². The van der Waals surface area contributed by atoms with Gasteiger partial charge in [-0.05, 0) is 65.0 Å². The number of nitrogens with zero attached hydrogens (tertiary/aromatic N) is 3. The Hall–Kier alpha value is -6.58. The molecular formula is C47H31N3. The second-order valence-electron chi connectivity index (χ2n) is 12.9. The first-order valence-electron chi connectivity index (χ1n) is 18.3. The number of hydrogen-bond acceptors (Lipinski definition) is 2. The van der Waals surface area contributed by atoms with Gasteiger partial charge in [0.05, 0.1) is 27.9 Å². The molecule has 0 atom stereocenters. The Balaban J connectivity index is 1.08. The van der Waals surface area contributed by atoms with Gasteiger partial charge in [-0.1, -0.05) is 140 Å². The molecule has 0 amide bonds. The maximum absolute atomic E-state index is 8.08. The molecule has 0 spiro atoms. The highest BCUT2D eigenvalue weighted by molar-refractivity contribution is 6.23. The van der Waals surface area contributed by atoms with Crippen LogP contribution in [0.3, 0.4) is 0 Å². The molecule has 10 rings (SSSR count). The van der Waals surface area contributed by atoms with Gasteiger partial charge in [-0.15, -0.1) is 0 Å². The van der Waals surface area contributed by atoms with E-state index in [0.29, 0.717) is 11.4 Å². The third-order valence-corrected chi connectivity index (χ3v) is 9.83. The van der Waals surface area contributed by atoms with Gasteiger partial charge in [0, 0.05) is 42.3 Å². The molecule has 3 heteroatoms. The highest BCUT2D eigenvalue weighted by Gasteiger charge is 2.18. The topological polar surface area (TPSA) is 30.2 Å². The number of fused-ring (bicyclic) bond motifs is 6. The molecule has 3 nitrogen and oxygen atoms in total. The van der Waals surface area contributed by atoms with Gasteiger partial charge in [-0.25, -0.2) is 9.97 Å². The summed E-state index contributed by atoms with van der Waals surface area (Å²) >= 11 is 0. The summed E-state index contributed by atoms with van der Waals surface area (Å²) in [6.07, 6.45) is 0. The zero-order valence-electron chi connectivity index (χ0n) is 30.0. The molecule has 0 bridgehead atoms. The van der Waals surface area contributed by atoms with Crippen LogP contribution in [0.25, 0.3) is 94.3 Å². The Labute approximate surface area is 294 Å². The lowest BCUT2D eigenvalue weighted by Gasteiger charge is -2.11. The Bertz CT molecular complexity index is 2930. The molecule has 0 fully saturated rings. The quantitative estimate of drug-likeness (QED) is 0.187. The monoisotopic (exact) mass is 640 g/mol. The first-order valence-corrected chi connectivity index (χ1v) is 16.8. The molecule has 0 saturated carbocycles. The molecule has 7 aromatic carbocycles. The van der Waals surface area contributed by atoms with Gasteiger partial charge in [-0.2, -0.15) is 0 Å². The van der Waals surface area contributed by atoms with E-state index in [0.717, 1.165) is 88.4 Å². The Morgan fingerprint density at radius 2 is 0.900 bits per heavy atom. The van der Waals surface area contributed by atoms with Gasteiger partial charge in [-0.3, -0.25) is 0 Å². The number of rotatable bonds is 5. The number of aromatic nitrogens is 3. The normalized spacial score (nSPS) is 12.8. The zero-order valence-corrected chi connectivity index (χ0v) is 27.0. The molecule has 50 heavy (non-hydrogen) atoms. The van der Waals surface area contributed by atoms with Crippen LogP contribution in [0.15, 0.2) is 170 Å². The van der Waals surface area contributed by atoms with Gasteiger partial charge >= 0.3 is 0 Å². The third kappa shape index (κ3) is 4.59. The highest BCUT2D eigenvalue weighted by atomic mass is 14.9. The van der Waals surface area contributed by atoms with E-state index in [-0.39, 0.29) is 0 Å². The van der Waals surface area contributed by atoms with Crippen LogP contribution < -0.4 is 0 Å². The van der Waals surface area contributed by atoms with Crippen LogP contribution in [0.1, 0.15) is 9.68 Å². The minimum absolute atomic E-state index is 0.346. The van der Waals surface area contributed by atoms with Crippen LogP contribution in [0, 0.1) is 6.85 Å². The summed E-state index contributed by atoms with van der Waals surface area (Å²) in [4.78, 5) is 10.1. The summed E-state index contributed by atoms with van der Waals surface area (Å²) < 4.78 is 26.5. The standard InChI is InChI=1S/C47H31N3/c1-30-21-23-38-40-19-10-20-41-39-24-22-36(28-45(39)50(46(40)41)44(38)25-30)34-16-8-15-33(26-34)35-17-9-18-37(27-35)47-48-42(31-11-4-2-5-12-31)29-43(49-47)32-13-6-3-7-14-32/h2-29H,1H3/i1D3. The minimum atomic E-state index is -2.18. The molecular weight excluding hydrogens is 607 g/mol. The lowest BCUT2D eigenvalue weighted by Crippen LogP contribution is -1.96. The molecule has 0 radical (unpaired) electrons.